The van der Waals surface area contributed by atoms with Gasteiger partial charge in [0, 0.05) is 24.5 Å². The molecule has 1 aliphatic heterocycles. The predicted octanol–water partition coefficient (Wildman–Crippen LogP) is 2.25. The lowest BCUT2D eigenvalue weighted by Gasteiger charge is -2.47. The van der Waals surface area contributed by atoms with E-state index in [9.17, 15) is 4.39 Å². The number of anilines is 2. The zero-order chi connectivity index (χ0) is 10.3. The lowest BCUT2D eigenvalue weighted by Crippen LogP contribution is -2.53. The van der Waals surface area contributed by atoms with Crippen LogP contribution in [0.5, 0.6) is 0 Å². The van der Waals surface area contributed by atoms with Gasteiger partial charge in [-0.25, -0.2) is 4.39 Å². The quantitative estimate of drug-likeness (QED) is 0.695. The van der Waals surface area contributed by atoms with Crippen molar-refractivity contribution < 1.29 is 4.39 Å². The Morgan fingerprint density at radius 1 is 1.29 bits per heavy atom. The maximum atomic E-state index is 13.0. The highest BCUT2D eigenvalue weighted by molar-refractivity contribution is 5.58. The van der Waals surface area contributed by atoms with Crippen LogP contribution in [-0.2, 0) is 0 Å². The first-order chi connectivity index (χ1) is 6.46. The summed E-state index contributed by atoms with van der Waals surface area (Å²) in [6.07, 6.45) is 0. The fourth-order valence-corrected chi connectivity index (χ4v) is 1.95. The summed E-state index contributed by atoms with van der Waals surface area (Å²) in [6.45, 7) is 6.34. The Bertz CT molecular complexity index is 332. The van der Waals surface area contributed by atoms with Crippen molar-refractivity contribution in [3.05, 3.63) is 24.0 Å². The predicted molar refractivity (Wildman–Crippen MR) is 56.8 cm³/mol. The molecule has 1 aliphatic rings. The Morgan fingerprint density at radius 3 is 2.43 bits per heavy atom. The highest BCUT2D eigenvalue weighted by Gasteiger charge is 2.34. The second-order valence-corrected chi connectivity index (χ2v) is 4.76. The molecule has 0 aromatic heterocycles. The fourth-order valence-electron chi connectivity index (χ4n) is 1.95. The van der Waals surface area contributed by atoms with Gasteiger partial charge in [-0.15, -0.1) is 0 Å². The van der Waals surface area contributed by atoms with Gasteiger partial charge in [0.1, 0.15) is 5.82 Å². The molecule has 0 spiro atoms. The summed E-state index contributed by atoms with van der Waals surface area (Å²) in [4.78, 5) is 2.14. The standard InChI is InChI=1S/C11H15FN2/c1-11(2)6-14(7-11)10-4-8(12)3-9(13)5-10/h3-5H,6-7,13H2,1-2H3. The van der Waals surface area contributed by atoms with Gasteiger partial charge < -0.3 is 10.6 Å². The summed E-state index contributed by atoms with van der Waals surface area (Å²) < 4.78 is 13.0. The summed E-state index contributed by atoms with van der Waals surface area (Å²) in [6, 6.07) is 4.69. The third kappa shape index (κ3) is 1.67. The normalized spacial score (nSPS) is 19.2. The molecule has 3 heteroatoms. The summed E-state index contributed by atoms with van der Waals surface area (Å²) in [7, 11) is 0. The molecule has 1 aromatic carbocycles. The van der Waals surface area contributed by atoms with Gasteiger partial charge in [0.15, 0.2) is 0 Å². The fraction of sp³-hybridized carbons (Fsp3) is 0.455. The molecule has 0 bridgehead atoms. The van der Waals surface area contributed by atoms with E-state index in [-0.39, 0.29) is 5.82 Å². The first-order valence-corrected chi connectivity index (χ1v) is 4.77. The van der Waals surface area contributed by atoms with E-state index in [1.807, 2.05) is 6.07 Å². The smallest absolute Gasteiger partial charge is 0.127 e. The number of nitrogens with two attached hydrogens (primary N) is 1. The van der Waals surface area contributed by atoms with Crippen LogP contribution in [0.1, 0.15) is 13.8 Å². The second kappa shape index (κ2) is 2.87. The van der Waals surface area contributed by atoms with E-state index in [1.54, 1.807) is 0 Å². The zero-order valence-corrected chi connectivity index (χ0v) is 8.55. The molecule has 0 saturated carbocycles. The molecule has 0 amide bonds. The Morgan fingerprint density at radius 2 is 1.93 bits per heavy atom. The lowest BCUT2D eigenvalue weighted by molar-refractivity contribution is 0.276. The molecule has 76 valence electrons. The first kappa shape index (κ1) is 9.31. The molecule has 0 aliphatic carbocycles. The van der Waals surface area contributed by atoms with Crippen molar-refractivity contribution in [1.82, 2.24) is 0 Å². The van der Waals surface area contributed by atoms with Crippen LogP contribution in [0.2, 0.25) is 0 Å². The maximum absolute atomic E-state index is 13.0. The van der Waals surface area contributed by atoms with E-state index >= 15 is 0 Å². The van der Waals surface area contributed by atoms with Gasteiger partial charge in [-0.05, 0) is 23.6 Å². The number of nitrogen functional groups attached to an aromatic ring is 1. The minimum Gasteiger partial charge on any atom is -0.399 e. The number of nitrogens with zero attached hydrogens (tertiary/aromatic N) is 1. The molecule has 1 aromatic rings. The van der Waals surface area contributed by atoms with Gasteiger partial charge in [0.2, 0.25) is 0 Å². The van der Waals surface area contributed by atoms with E-state index in [4.69, 9.17) is 5.73 Å². The number of hydrogen-bond donors (Lipinski definition) is 1. The first-order valence-electron chi connectivity index (χ1n) is 4.77. The monoisotopic (exact) mass is 194 g/mol. The third-order valence-electron chi connectivity index (χ3n) is 2.51. The van der Waals surface area contributed by atoms with E-state index in [2.05, 4.69) is 18.7 Å². The lowest BCUT2D eigenvalue weighted by atomic mass is 9.84. The summed E-state index contributed by atoms with van der Waals surface area (Å²) in [5, 5.41) is 0. The molecular formula is C11H15FN2. The van der Waals surface area contributed by atoms with Crippen molar-refractivity contribution in [2.75, 3.05) is 23.7 Å². The van der Waals surface area contributed by atoms with Gasteiger partial charge >= 0.3 is 0 Å². The molecule has 2 rings (SSSR count). The minimum atomic E-state index is -0.260. The average Bonchev–Trinajstić information content (AvgIpc) is 1.97. The van der Waals surface area contributed by atoms with E-state index in [1.165, 1.54) is 12.1 Å². The molecule has 0 unspecified atom stereocenters. The van der Waals surface area contributed by atoms with E-state index in [0.717, 1.165) is 18.8 Å². The van der Waals surface area contributed by atoms with Crippen molar-refractivity contribution >= 4 is 11.4 Å². The second-order valence-electron chi connectivity index (χ2n) is 4.76. The van der Waals surface area contributed by atoms with Crippen molar-refractivity contribution in [2.24, 2.45) is 5.41 Å². The molecule has 2 N–H and O–H groups in total. The third-order valence-corrected chi connectivity index (χ3v) is 2.51. The topological polar surface area (TPSA) is 29.3 Å². The molecule has 0 radical (unpaired) electrons. The molecule has 1 heterocycles. The van der Waals surface area contributed by atoms with Gasteiger partial charge in [0.05, 0.1) is 0 Å². The van der Waals surface area contributed by atoms with Crippen LogP contribution < -0.4 is 10.6 Å². The molecule has 2 nitrogen and oxygen atoms in total. The Labute approximate surface area is 83.5 Å². The van der Waals surface area contributed by atoms with Crippen LogP contribution in [0.15, 0.2) is 18.2 Å². The van der Waals surface area contributed by atoms with Crippen LogP contribution in [-0.4, -0.2) is 13.1 Å². The highest BCUT2D eigenvalue weighted by Crippen LogP contribution is 2.34. The van der Waals surface area contributed by atoms with Gasteiger partial charge in [0.25, 0.3) is 0 Å². The maximum Gasteiger partial charge on any atom is 0.127 e. The number of benzene rings is 1. The largest absolute Gasteiger partial charge is 0.399 e. The molecular weight excluding hydrogens is 179 g/mol. The number of halogens is 1. The zero-order valence-electron chi connectivity index (χ0n) is 8.55. The highest BCUT2D eigenvalue weighted by atomic mass is 19.1. The number of hydrogen-bond acceptors (Lipinski definition) is 2. The molecule has 0 atom stereocenters. The minimum absolute atomic E-state index is 0.260. The van der Waals surface area contributed by atoms with Gasteiger partial charge in [-0.2, -0.15) is 0 Å². The Hall–Kier alpha value is -1.25. The van der Waals surface area contributed by atoms with Crippen molar-refractivity contribution in [2.45, 2.75) is 13.8 Å². The SMILES string of the molecule is CC1(C)CN(c2cc(N)cc(F)c2)C1. The summed E-state index contributed by atoms with van der Waals surface area (Å²) in [5.74, 6) is -0.260. The van der Waals surface area contributed by atoms with Crippen LogP contribution in [0.4, 0.5) is 15.8 Å². The van der Waals surface area contributed by atoms with Crippen molar-refractivity contribution in [3.63, 3.8) is 0 Å². The van der Waals surface area contributed by atoms with E-state index in [0.29, 0.717) is 11.1 Å². The molecule has 1 saturated heterocycles. The number of rotatable bonds is 1. The molecule has 14 heavy (non-hydrogen) atoms. The van der Waals surface area contributed by atoms with Crippen molar-refractivity contribution in [1.29, 1.82) is 0 Å². The van der Waals surface area contributed by atoms with Gasteiger partial charge in [-0.3, -0.25) is 0 Å². The summed E-state index contributed by atoms with van der Waals surface area (Å²) >= 11 is 0. The van der Waals surface area contributed by atoms with E-state index < -0.39 is 0 Å². The summed E-state index contributed by atoms with van der Waals surface area (Å²) in [5.41, 5.74) is 7.31. The van der Waals surface area contributed by atoms with Crippen LogP contribution in [0, 0.1) is 11.2 Å². The van der Waals surface area contributed by atoms with Crippen LogP contribution in [0.25, 0.3) is 0 Å². The Kier molecular flexibility index (Phi) is 1.91. The molecule has 1 fully saturated rings. The Balaban J connectivity index is 2.18. The van der Waals surface area contributed by atoms with Crippen LogP contribution >= 0.6 is 0 Å². The van der Waals surface area contributed by atoms with Gasteiger partial charge in [-0.1, -0.05) is 13.8 Å². The van der Waals surface area contributed by atoms with Crippen LogP contribution in [0.3, 0.4) is 0 Å². The van der Waals surface area contributed by atoms with Crippen molar-refractivity contribution in [3.8, 4) is 0 Å². The average molecular weight is 194 g/mol.